The molecule has 2 heterocycles. The van der Waals surface area contributed by atoms with Gasteiger partial charge in [0.05, 0.1) is 17.0 Å². The molecule has 2 aromatic heterocycles. The van der Waals surface area contributed by atoms with Gasteiger partial charge in [-0.25, -0.2) is 18.2 Å². The van der Waals surface area contributed by atoms with Crippen LogP contribution in [-0.2, 0) is 11.8 Å². The van der Waals surface area contributed by atoms with Crippen LogP contribution in [-0.4, -0.2) is 21.8 Å². The molecular formula is C29H29F3N4O. The molecular weight excluding hydrogens is 477 g/mol. The van der Waals surface area contributed by atoms with Crippen molar-refractivity contribution in [1.29, 1.82) is 5.26 Å². The Hall–Kier alpha value is -3.57. The highest BCUT2D eigenvalue weighted by Crippen LogP contribution is 2.37. The summed E-state index contributed by atoms with van der Waals surface area (Å²) >= 11 is 0. The molecule has 0 bridgehead atoms. The summed E-state index contributed by atoms with van der Waals surface area (Å²) < 4.78 is 44.7. The fourth-order valence-corrected chi connectivity index (χ4v) is 5.16. The van der Waals surface area contributed by atoms with Gasteiger partial charge in [0.2, 0.25) is 0 Å². The van der Waals surface area contributed by atoms with Gasteiger partial charge in [-0.3, -0.25) is 9.78 Å². The number of Topliss-reactive ketones (excluding diaryl/α,β-unsaturated/α-hetero) is 1. The van der Waals surface area contributed by atoms with Crippen molar-refractivity contribution in [3.8, 4) is 17.3 Å². The van der Waals surface area contributed by atoms with Crippen molar-refractivity contribution >= 4 is 5.78 Å². The lowest BCUT2D eigenvalue weighted by Gasteiger charge is -2.32. The minimum absolute atomic E-state index is 0.0401. The third-order valence-corrected chi connectivity index (χ3v) is 7.12. The third kappa shape index (κ3) is 5.57. The average Bonchev–Trinajstić information content (AvgIpc) is 2.84. The molecule has 8 heteroatoms. The van der Waals surface area contributed by atoms with E-state index in [4.69, 9.17) is 5.73 Å². The van der Waals surface area contributed by atoms with Crippen molar-refractivity contribution in [1.82, 2.24) is 9.97 Å². The molecule has 2 N–H and O–H groups in total. The van der Waals surface area contributed by atoms with Gasteiger partial charge in [0.1, 0.15) is 28.8 Å². The van der Waals surface area contributed by atoms with Gasteiger partial charge in [-0.1, -0.05) is 6.92 Å². The number of benzene rings is 1. The fourth-order valence-electron chi connectivity index (χ4n) is 5.16. The highest BCUT2D eigenvalue weighted by molar-refractivity contribution is 5.96. The Kier molecular flexibility index (Phi) is 7.47. The Labute approximate surface area is 214 Å². The molecule has 1 saturated carbocycles. The SMILES string of the molecule is C[C@@H]1C[C@H](N)C[C@H](c2ccncc2CC(=O)c2ccc(F)c(-c3c(F)cc(C(C)(C)C#N)cc3F)n2)C1. The number of nitriles is 1. The number of carbonyl (C=O) groups excluding carboxylic acids is 1. The van der Waals surface area contributed by atoms with Gasteiger partial charge >= 0.3 is 0 Å². The lowest BCUT2D eigenvalue weighted by molar-refractivity contribution is 0.0987. The van der Waals surface area contributed by atoms with Crippen LogP contribution in [0.5, 0.6) is 0 Å². The summed E-state index contributed by atoms with van der Waals surface area (Å²) in [6.45, 7) is 5.20. The second-order valence-electron chi connectivity index (χ2n) is 10.5. The zero-order chi connectivity index (χ0) is 26.9. The minimum Gasteiger partial charge on any atom is -0.328 e. The zero-order valence-corrected chi connectivity index (χ0v) is 21.1. The number of carbonyl (C=O) groups is 1. The van der Waals surface area contributed by atoms with Crippen LogP contribution in [0.2, 0.25) is 0 Å². The standard InChI is InChI=1S/C29H29F3N4O/c1-16-8-17(10-20(34)9-16)21-6-7-35-14-18(21)11-26(37)25-5-4-22(30)28(36-25)27-23(31)12-19(13-24(27)32)29(2,3)15-33/h4-7,12-14,16-17,20H,8-11,34H2,1-3H3/t16-,17+,20-/m0/s1. The number of rotatable bonds is 6. The molecule has 1 fully saturated rings. The van der Waals surface area contributed by atoms with Crippen molar-refractivity contribution in [2.75, 3.05) is 0 Å². The summed E-state index contributed by atoms with van der Waals surface area (Å²) in [5.74, 6) is -2.86. The smallest absolute Gasteiger partial charge is 0.185 e. The van der Waals surface area contributed by atoms with E-state index < -0.39 is 39.9 Å². The van der Waals surface area contributed by atoms with Crippen molar-refractivity contribution in [3.63, 3.8) is 0 Å². The maximum Gasteiger partial charge on any atom is 0.185 e. The molecule has 1 aliphatic carbocycles. The Morgan fingerprint density at radius 3 is 2.46 bits per heavy atom. The van der Waals surface area contributed by atoms with E-state index in [0.29, 0.717) is 5.92 Å². The van der Waals surface area contributed by atoms with Crippen LogP contribution in [0.1, 0.15) is 73.1 Å². The van der Waals surface area contributed by atoms with E-state index in [1.54, 1.807) is 12.4 Å². The van der Waals surface area contributed by atoms with Gasteiger partial charge < -0.3 is 5.73 Å². The van der Waals surface area contributed by atoms with Gasteiger partial charge in [-0.2, -0.15) is 5.26 Å². The Bertz CT molecular complexity index is 1350. The van der Waals surface area contributed by atoms with Gasteiger partial charge in [0.15, 0.2) is 5.78 Å². The summed E-state index contributed by atoms with van der Waals surface area (Å²) in [7, 11) is 0. The molecule has 4 rings (SSSR count). The quantitative estimate of drug-likeness (QED) is 0.413. The molecule has 192 valence electrons. The van der Waals surface area contributed by atoms with Crippen LogP contribution in [0.4, 0.5) is 13.2 Å². The minimum atomic E-state index is -1.15. The molecule has 0 aliphatic heterocycles. The highest BCUT2D eigenvalue weighted by Gasteiger charge is 2.29. The number of nitrogens with zero attached hydrogens (tertiary/aromatic N) is 3. The number of nitrogens with two attached hydrogens (primary N) is 1. The molecule has 0 amide bonds. The first-order valence-electron chi connectivity index (χ1n) is 12.3. The van der Waals surface area contributed by atoms with Crippen molar-refractivity contribution in [2.45, 2.75) is 63.8 Å². The monoisotopic (exact) mass is 506 g/mol. The van der Waals surface area contributed by atoms with E-state index >= 15 is 0 Å². The van der Waals surface area contributed by atoms with Crippen molar-refractivity contribution < 1.29 is 18.0 Å². The third-order valence-electron chi connectivity index (χ3n) is 7.12. The fraction of sp³-hybridized carbons (Fsp3) is 0.379. The van der Waals surface area contributed by atoms with Gasteiger partial charge in [-0.15, -0.1) is 0 Å². The Balaban J connectivity index is 1.66. The number of aromatic nitrogens is 2. The van der Waals surface area contributed by atoms with E-state index in [-0.39, 0.29) is 29.6 Å². The second kappa shape index (κ2) is 10.4. The maximum absolute atomic E-state index is 15.0. The van der Waals surface area contributed by atoms with E-state index in [1.165, 1.54) is 19.9 Å². The molecule has 0 unspecified atom stereocenters. The molecule has 3 atom stereocenters. The Morgan fingerprint density at radius 1 is 1.11 bits per heavy atom. The summed E-state index contributed by atoms with van der Waals surface area (Å²) in [5, 5.41) is 9.29. The molecule has 1 aliphatic rings. The molecule has 1 aromatic carbocycles. The summed E-state index contributed by atoms with van der Waals surface area (Å²) in [6.07, 6.45) is 6.01. The van der Waals surface area contributed by atoms with E-state index in [9.17, 15) is 23.2 Å². The topological polar surface area (TPSA) is 92.7 Å². The molecule has 3 aromatic rings. The number of hydrogen-bond donors (Lipinski definition) is 1. The first-order valence-corrected chi connectivity index (χ1v) is 12.3. The summed E-state index contributed by atoms with van der Waals surface area (Å²) in [4.78, 5) is 21.4. The Morgan fingerprint density at radius 2 is 1.81 bits per heavy atom. The molecule has 0 saturated heterocycles. The van der Waals surface area contributed by atoms with Gasteiger partial charge in [0, 0.05) is 24.9 Å². The molecule has 0 spiro atoms. The normalized spacial score (nSPS) is 19.9. The zero-order valence-electron chi connectivity index (χ0n) is 21.1. The van der Waals surface area contributed by atoms with Crippen LogP contribution in [0, 0.1) is 34.7 Å². The van der Waals surface area contributed by atoms with Crippen LogP contribution in [0.3, 0.4) is 0 Å². The number of pyridine rings is 2. The first-order chi connectivity index (χ1) is 17.5. The van der Waals surface area contributed by atoms with E-state index in [1.807, 2.05) is 12.1 Å². The second-order valence-corrected chi connectivity index (χ2v) is 10.5. The van der Waals surface area contributed by atoms with Crippen LogP contribution in [0.15, 0.2) is 42.7 Å². The molecule has 37 heavy (non-hydrogen) atoms. The molecule has 5 nitrogen and oxygen atoms in total. The number of ketones is 1. The summed E-state index contributed by atoms with van der Waals surface area (Å²) in [6, 6.07) is 8.14. The predicted molar refractivity (Wildman–Crippen MR) is 134 cm³/mol. The van der Waals surface area contributed by atoms with Gasteiger partial charge in [-0.05, 0) is 92.0 Å². The largest absolute Gasteiger partial charge is 0.328 e. The summed E-state index contributed by atoms with van der Waals surface area (Å²) in [5.41, 5.74) is 5.55. The first kappa shape index (κ1) is 26.5. The van der Waals surface area contributed by atoms with Crippen LogP contribution >= 0.6 is 0 Å². The van der Waals surface area contributed by atoms with Crippen LogP contribution in [0.25, 0.3) is 11.3 Å². The maximum atomic E-state index is 15.0. The average molecular weight is 507 g/mol. The predicted octanol–water partition coefficient (Wildman–Crippen LogP) is 6.02. The molecule has 0 radical (unpaired) electrons. The van der Waals surface area contributed by atoms with Crippen molar-refractivity contribution in [3.05, 3.63) is 82.6 Å². The number of halogens is 3. The lowest BCUT2D eigenvalue weighted by Crippen LogP contribution is -2.31. The van der Waals surface area contributed by atoms with E-state index in [2.05, 4.69) is 16.9 Å². The van der Waals surface area contributed by atoms with E-state index in [0.717, 1.165) is 48.6 Å². The van der Waals surface area contributed by atoms with Crippen LogP contribution < -0.4 is 5.73 Å². The highest BCUT2D eigenvalue weighted by atomic mass is 19.1. The lowest BCUT2D eigenvalue weighted by atomic mass is 9.75. The van der Waals surface area contributed by atoms with Crippen molar-refractivity contribution in [2.24, 2.45) is 11.7 Å². The van der Waals surface area contributed by atoms with Gasteiger partial charge in [0.25, 0.3) is 0 Å². The number of hydrogen-bond acceptors (Lipinski definition) is 5.